The maximum absolute atomic E-state index is 13.8. The van der Waals surface area contributed by atoms with E-state index in [4.69, 9.17) is 75.8 Å². The SMILES string of the molecule is COCCOCCOCCOC(=O)c1ccc(C)c(C#Cc2cc(C(=O)OCCOCCOCCOC)cc(C#Cc3cc(C(=O)OCCOCCOCCOC)cc(C#Cc4cc(C(=O)OCCOCCOCCOC)ccc4C)c3C)c2C)c1. The molecule has 0 aromatic heterocycles. The number of hydrogen-bond donors (Lipinski definition) is 0. The molecule has 20 heteroatoms. The van der Waals surface area contributed by atoms with Gasteiger partial charge in [0.25, 0.3) is 0 Å². The van der Waals surface area contributed by atoms with Gasteiger partial charge in [-0.15, -0.1) is 0 Å². The number of ether oxygens (including phenoxy) is 16. The number of esters is 4. The molecule has 4 aromatic rings. The summed E-state index contributed by atoms with van der Waals surface area (Å²) in [5.41, 5.74) is 6.70. The van der Waals surface area contributed by atoms with Crippen molar-refractivity contribution in [2.45, 2.75) is 27.7 Å². The molecule has 466 valence electrons. The minimum absolute atomic E-state index is 0.0396. The van der Waals surface area contributed by atoms with Crippen LogP contribution in [0.4, 0.5) is 0 Å². The average molecular weight is 1200 g/mol. The molecule has 0 fully saturated rings. The van der Waals surface area contributed by atoms with Crippen LogP contribution in [0.15, 0.2) is 60.7 Å². The predicted molar refractivity (Wildman–Crippen MR) is 318 cm³/mol. The Labute approximate surface area is 505 Å². The first-order chi connectivity index (χ1) is 41.9. The summed E-state index contributed by atoms with van der Waals surface area (Å²) in [6.07, 6.45) is 0. The first-order valence-electron chi connectivity index (χ1n) is 28.2. The monoisotopic (exact) mass is 1190 g/mol. The van der Waals surface area contributed by atoms with Crippen molar-refractivity contribution in [1.29, 1.82) is 0 Å². The molecular weight excluding hydrogens is 1110 g/mol. The average Bonchev–Trinajstić information content (AvgIpc) is 1.97. The lowest BCUT2D eigenvalue weighted by Crippen LogP contribution is -2.14. The van der Waals surface area contributed by atoms with E-state index in [1.165, 1.54) is 0 Å². The standard InChI is InChI=1S/C66H82O20/c1-49-9-11-59(63(67)83-39-35-79-31-27-75-23-19-71-5)43-53(49)13-15-55-45-61(65(69)85-41-37-81-33-29-77-25-21-73-7)47-57(51(55)3)17-18-58-48-62(66(70)86-42-38-82-34-30-78-26-22-74-8)46-56(52(58)4)16-14-54-44-60(12-10-50(54)2)64(68)84-40-36-80-32-28-76-24-20-72-6/h9-12,43-48H,19-42H2,1-8H3. The lowest BCUT2D eigenvalue weighted by atomic mass is 9.96. The highest BCUT2D eigenvalue weighted by Gasteiger charge is 2.17. The molecule has 86 heavy (non-hydrogen) atoms. The van der Waals surface area contributed by atoms with E-state index in [0.29, 0.717) is 161 Å². The number of benzene rings is 4. The number of hydrogen-bond acceptors (Lipinski definition) is 20. The maximum Gasteiger partial charge on any atom is 0.338 e. The fourth-order valence-electron chi connectivity index (χ4n) is 7.32. The van der Waals surface area contributed by atoms with Gasteiger partial charge >= 0.3 is 23.9 Å². The van der Waals surface area contributed by atoms with Crippen LogP contribution in [0.3, 0.4) is 0 Å². The Morgan fingerprint density at radius 1 is 0.267 bits per heavy atom. The van der Waals surface area contributed by atoms with Gasteiger partial charge in [0.2, 0.25) is 0 Å². The van der Waals surface area contributed by atoms with E-state index in [9.17, 15) is 19.2 Å². The zero-order chi connectivity index (χ0) is 62.0. The summed E-state index contributed by atoms with van der Waals surface area (Å²) in [6, 6.07) is 16.7. The summed E-state index contributed by atoms with van der Waals surface area (Å²) in [4.78, 5) is 53.8. The van der Waals surface area contributed by atoms with Crippen molar-refractivity contribution in [2.24, 2.45) is 0 Å². The number of aryl methyl sites for hydroxylation is 2. The largest absolute Gasteiger partial charge is 0.460 e. The fourth-order valence-corrected chi connectivity index (χ4v) is 7.32. The molecule has 0 amide bonds. The van der Waals surface area contributed by atoms with E-state index in [1.807, 2.05) is 27.7 Å². The van der Waals surface area contributed by atoms with Gasteiger partial charge in [0.05, 0.1) is 154 Å². The van der Waals surface area contributed by atoms with E-state index in [-0.39, 0.29) is 64.0 Å². The summed E-state index contributed by atoms with van der Waals surface area (Å²) in [5.74, 6) is 16.9. The number of rotatable bonds is 40. The van der Waals surface area contributed by atoms with Crippen molar-refractivity contribution in [2.75, 3.05) is 187 Å². The minimum atomic E-state index is -0.641. The van der Waals surface area contributed by atoms with Crippen LogP contribution in [0.2, 0.25) is 0 Å². The van der Waals surface area contributed by atoms with Gasteiger partial charge in [-0.05, 0) is 98.5 Å². The molecule has 0 bridgehead atoms. The Hall–Kier alpha value is -7.04. The highest BCUT2D eigenvalue weighted by molar-refractivity contribution is 5.92. The van der Waals surface area contributed by atoms with Crippen molar-refractivity contribution < 1.29 is 95.0 Å². The molecule has 4 aromatic carbocycles. The zero-order valence-electron chi connectivity index (χ0n) is 50.9. The second kappa shape index (κ2) is 43.6. The maximum atomic E-state index is 13.8. The van der Waals surface area contributed by atoms with Gasteiger partial charge in [-0.25, -0.2) is 19.2 Å². The molecule has 20 nitrogen and oxygen atoms in total. The summed E-state index contributed by atoms with van der Waals surface area (Å²) < 4.78 is 86.1. The molecule has 0 aliphatic heterocycles. The molecule has 0 aliphatic carbocycles. The normalized spacial score (nSPS) is 10.7. The predicted octanol–water partition coefficient (Wildman–Crippen LogP) is 6.47. The molecule has 0 heterocycles. The van der Waals surface area contributed by atoms with Crippen LogP contribution in [0.5, 0.6) is 0 Å². The highest BCUT2D eigenvalue weighted by atomic mass is 16.6. The summed E-state index contributed by atoms with van der Waals surface area (Å²) in [5, 5.41) is 0. The van der Waals surface area contributed by atoms with Crippen molar-refractivity contribution in [3.8, 4) is 35.5 Å². The van der Waals surface area contributed by atoms with E-state index < -0.39 is 23.9 Å². The summed E-state index contributed by atoms with van der Waals surface area (Å²) in [7, 11) is 6.38. The minimum Gasteiger partial charge on any atom is -0.460 e. The van der Waals surface area contributed by atoms with Crippen molar-refractivity contribution in [3.05, 3.63) is 139 Å². The van der Waals surface area contributed by atoms with E-state index in [0.717, 1.165) is 11.1 Å². The van der Waals surface area contributed by atoms with Crippen LogP contribution in [0.25, 0.3) is 0 Å². The summed E-state index contributed by atoms with van der Waals surface area (Å²) >= 11 is 0. The van der Waals surface area contributed by atoms with Crippen molar-refractivity contribution >= 4 is 23.9 Å². The number of carbonyl (C=O) groups is 4. The Kier molecular flexibility index (Phi) is 36.2. The Bertz CT molecular complexity index is 2730. The van der Waals surface area contributed by atoms with E-state index in [2.05, 4.69) is 35.5 Å². The first kappa shape index (κ1) is 71.4. The van der Waals surface area contributed by atoms with Crippen LogP contribution >= 0.6 is 0 Å². The Balaban J connectivity index is 1.68. The third-order valence-corrected chi connectivity index (χ3v) is 12.3. The van der Waals surface area contributed by atoms with E-state index in [1.54, 1.807) is 89.1 Å². The van der Waals surface area contributed by atoms with Crippen LogP contribution in [-0.2, 0) is 75.8 Å². The van der Waals surface area contributed by atoms with Gasteiger partial charge in [-0.2, -0.15) is 0 Å². The van der Waals surface area contributed by atoms with Crippen LogP contribution in [-0.4, -0.2) is 211 Å². The zero-order valence-corrected chi connectivity index (χ0v) is 50.9. The van der Waals surface area contributed by atoms with Gasteiger partial charge in [-0.1, -0.05) is 47.7 Å². The summed E-state index contributed by atoms with van der Waals surface area (Å²) in [6.45, 7) is 14.4. The van der Waals surface area contributed by atoms with E-state index >= 15 is 0 Å². The Morgan fingerprint density at radius 2 is 0.465 bits per heavy atom. The van der Waals surface area contributed by atoms with Crippen molar-refractivity contribution in [1.82, 2.24) is 0 Å². The topological polar surface area (TPSA) is 216 Å². The molecule has 0 aliphatic rings. The molecular formula is C66H82O20. The number of methoxy groups -OCH3 is 4. The molecule has 0 radical (unpaired) electrons. The fraction of sp³-hybridized carbons (Fsp3) is 0.485. The third-order valence-electron chi connectivity index (χ3n) is 12.3. The molecule has 4 rings (SSSR count). The number of carbonyl (C=O) groups excluding carboxylic acids is 4. The van der Waals surface area contributed by atoms with Gasteiger partial charge in [0.1, 0.15) is 26.4 Å². The lowest BCUT2D eigenvalue weighted by Gasteiger charge is -2.10. The van der Waals surface area contributed by atoms with Gasteiger partial charge in [0.15, 0.2) is 0 Å². The quantitative estimate of drug-likeness (QED) is 0.0202. The molecule has 0 saturated carbocycles. The highest BCUT2D eigenvalue weighted by Crippen LogP contribution is 2.22. The van der Waals surface area contributed by atoms with Gasteiger partial charge < -0.3 is 75.8 Å². The van der Waals surface area contributed by atoms with Crippen molar-refractivity contribution in [3.63, 3.8) is 0 Å². The van der Waals surface area contributed by atoms with Crippen LogP contribution in [0.1, 0.15) is 97.1 Å². The molecule has 0 N–H and O–H groups in total. The molecule has 0 atom stereocenters. The van der Waals surface area contributed by atoms with Gasteiger partial charge in [0, 0.05) is 61.8 Å². The second-order valence-electron chi connectivity index (χ2n) is 18.6. The molecule has 0 saturated heterocycles. The smallest absolute Gasteiger partial charge is 0.338 e. The van der Waals surface area contributed by atoms with Crippen LogP contribution in [0, 0.1) is 63.2 Å². The second-order valence-corrected chi connectivity index (χ2v) is 18.6. The van der Waals surface area contributed by atoms with Crippen LogP contribution < -0.4 is 0 Å². The van der Waals surface area contributed by atoms with Gasteiger partial charge in [-0.3, -0.25) is 0 Å². The Morgan fingerprint density at radius 3 is 0.709 bits per heavy atom. The molecule has 0 spiro atoms. The lowest BCUT2D eigenvalue weighted by molar-refractivity contribution is 0.00552. The third kappa shape index (κ3) is 28.0. The molecule has 0 unspecified atom stereocenters. The first-order valence-corrected chi connectivity index (χ1v) is 28.2.